The van der Waals surface area contributed by atoms with Gasteiger partial charge in [0.2, 0.25) is 0 Å². The Kier molecular flexibility index (Phi) is 1.89. The molecule has 0 atom stereocenters. The lowest BCUT2D eigenvalue weighted by atomic mass is 10.3. The van der Waals surface area contributed by atoms with Crippen molar-refractivity contribution < 1.29 is 9.59 Å². The highest BCUT2D eigenvalue weighted by molar-refractivity contribution is 6.65. The maximum atomic E-state index is 11.1. The molecular formula is C6H9N3O2. The van der Waals surface area contributed by atoms with Crippen LogP contribution in [-0.2, 0) is 9.59 Å². The third-order valence-electron chi connectivity index (χ3n) is 1.30. The zero-order chi connectivity index (χ0) is 8.43. The van der Waals surface area contributed by atoms with Gasteiger partial charge < -0.3 is 10.2 Å². The molecule has 0 aromatic rings. The lowest BCUT2D eigenvalue weighted by molar-refractivity contribution is -0.123. The highest BCUT2D eigenvalue weighted by Gasteiger charge is 2.24. The predicted molar refractivity (Wildman–Crippen MR) is 39.1 cm³/mol. The van der Waals surface area contributed by atoms with Crippen LogP contribution in [0, 0.1) is 0 Å². The molecule has 0 unspecified atom stereocenters. The summed E-state index contributed by atoms with van der Waals surface area (Å²) >= 11 is 0. The Morgan fingerprint density at radius 2 is 2.27 bits per heavy atom. The largest absolute Gasteiger partial charge is 0.343 e. The predicted octanol–water partition coefficient (Wildman–Crippen LogP) is -1.40. The Balaban J connectivity index is 2.75. The Hall–Kier alpha value is -1.39. The van der Waals surface area contributed by atoms with E-state index in [-0.39, 0.29) is 24.2 Å². The molecule has 0 bridgehead atoms. The first-order chi connectivity index (χ1) is 5.13. The van der Waals surface area contributed by atoms with Gasteiger partial charge in [-0.3, -0.25) is 14.6 Å². The Bertz CT molecular complexity index is 232. The van der Waals surface area contributed by atoms with Crippen LogP contribution >= 0.6 is 0 Å². The first-order valence-corrected chi connectivity index (χ1v) is 3.17. The Morgan fingerprint density at radius 3 is 2.64 bits per heavy atom. The third-order valence-corrected chi connectivity index (χ3v) is 1.30. The number of nitrogens with zero attached hydrogens (tertiary/aromatic N) is 2. The van der Waals surface area contributed by atoms with Gasteiger partial charge >= 0.3 is 0 Å². The molecular weight excluding hydrogens is 146 g/mol. The molecule has 0 saturated carbocycles. The van der Waals surface area contributed by atoms with Crippen LogP contribution in [0.15, 0.2) is 4.99 Å². The van der Waals surface area contributed by atoms with Gasteiger partial charge in [-0.1, -0.05) is 0 Å². The van der Waals surface area contributed by atoms with Crippen molar-refractivity contribution in [3.8, 4) is 0 Å². The van der Waals surface area contributed by atoms with Crippen LogP contribution in [0.4, 0.5) is 0 Å². The Labute approximate surface area is 64.1 Å². The molecule has 0 fully saturated rings. The van der Waals surface area contributed by atoms with Crippen molar-refractivity contribution in [2.24, 2.45) is 4.99 Å². The first kappa shape index (κ1) is 7.71. The molecule has 0 spiro atoms. The van der Waals surface area contributed by atoms with E-state index >= 15 is 0 Å². The number of aliphatic imine (C=N–C) groups is 1. The van der Waals surface area contributed by atoms with Crippen LogP contribution in [0.25, 0.3) is 0 Å². The summed E-state index contributed by atoms with van der Waals surface area (Å²) in [4.78, 5) is 26.9. The number of rotatable bonds is 1. The number of amides is 2. The van der Waals surface area contributed by atoms with Gasteiger partial charge in [0.15, 0.2) is 5.71 Å². The van der Waals surface area contributed by atoms with Crippen molar-refractivity contribution in [3.63, 3.8) is 0 Å². The molecule has 1 N–H and O–H groups in total. The van der Waals surface area contributed by atoms with Gasteiger partial charge in [-0.15, -0.1) is 0 Å². The lowest BCUT2D eigenvalue weighted by Crippen LogP contribution is -2.36. The first-order valence-electron chi connectivity index (χ1n) is 3.17. The van der Waals surface area contributed by atoms with Gasteiger partial charge in [-0.25, -0.2) is 0 Å². The summed E-state index contributed by atoms with van der Waals surface area (Å²) in [6.45, 7) is 0.216. The number of carbonyl (C=O) groups excluding carboxylic acids is 2. The van der Waals surface area contributed by atoms with E-state index in [0.717, 1.165) is 0 Å². The zero-order valence-corrected chi connectivity index (χ0v) is 6.42. The molecule has 0 saturated heterocycles. The van der Waals surface area contributed by atoms with Gasteiger partial charge in [0.05, 0.1) is 0 Å². The lowest BCUT2D eigenvalue weighted by Gasteiger charge is -2.07. The third kappa shape index (κ3) is 1.36. The van der Waals surface area contributed by atoms with Crippen molar-refractivity contribution >= 4 is 17.5 Å². The van der Waals surface area contributed by atoms with Gasteiger partial charge in [0.1, 0.15) is 6.67 Å². The molecule has 1 aliphatic heterocycles. The second-order valence-electron chi connectivity index (χ2n) is 2.37. The minimum atomic E-state index is -0.385. The second-order valence-corrected chi connectivity index (χ2v) is 2.37. The smallest absolute Gasteiger partial charge is 0.277 e. The van der Waals surface area contributed by atoms with Crippen LogP contribution in [0.2, 0.25) is 0 Å². The maximum absolute atomic E-state index is 11.1. The van der Waals surface area contributed by atoms with Gasteiger partial charge in [0.25, 0.3) is 11.8 Å². The molecule has 0 aliphatic carbocycles. The summed E-state index contributed by atoms with van der Waals surface area (Å²) in [5, 5.41) is 2.42. The summed E-state index contributed by atoms with van der Waals surface area (Å²) in [6, 6.07) is 0. The molecule has 60 valence electrons. The molecule has 1 aliphatic rings. The van der Waals surface area contributed by atoms with E-state index in [1.807, 2.05) is 0 Å². The minimum Gasteiger partial charge on any atom is -0.343 e. The molecule has 5 nitrogen and oxygen atoms in total. The molecule has 0 radical (unpaired) electrons. The van der Waals surface area contributed by atoms with Crippen molar-refractivity contribution in [2.75, 3.05) is 20.8 Å². The van der Waals surface area contributed by atoms with Crippen molar-refractivity contribution in [2.45, 2.75) is 0 Å². The van der Waals surface area contributed by atoms with Crippen molar-refractivity contribution in [1.29, 1.82) is 0 Å². The molecule has 1 rings (SSSR count). The molecule has 11 heavy (non-hydrogen) atoms. The number of carbonyl (C=O) groups is 2. The average molecular weight is 155 g/mol. The standard InChI is InChI=1S/C6H9N3O2/c1-9(2)6(11)4-5(10)8-3-7-4/h3H2,1-2H3,(H,8,10). The van der Waals surface area contributed by atoms with Crippen LogP contribution < -0.4 is 5.32 Å². The van der Waals surface area contributed by atoms with Crippen LogP contribution in [0.5, 0.6) is 0 Å². The molecule has 0 aromatic heterocycles. The summed E-state index contributed by atoms with van der Waals surface area (Å²) in [6.07, 6.45) is 0. The SMILES string of the molecule is CN(C)C(=O)C1=NCNC1=O. The summed E-state index contributed by atoms with van der Waals surface area (Å²) < 4.78 is 0. The normalized spacial score (nSPS) is 15.8. The fourth-order valence-corrected chi connectivity index (χ4v) is 0.722. The molecule has 5 heteroatoms. The fraction of sp³-hybridized carbons (Fsp3) is 0.500. The van der Waals surface area contributed by atoms with E-state index in [1.165, 1.54) is 4.90 Å². The topological polar surface area (TPSA) is 61.8 Å². The number of nitrogens with one attached hydrogen (secondary N) is 1. The van der Waals surface area contributed by atoms with Crippen LogP contribution in [0.3, 0.4) is 0 Å². The monoisotopic (exact) mass is 155 g/mol. The molecule has 2 amide bonds. The van der Waals surface area contributed by atoms with E-state index in [0.29, 0.717) is 0 Å². The zero-order valence-electron chi connectivity index (χ0n) is 6.42. The van der Waals surface area contributed by atoms with Crippen molar-refractivity contribution in [3.05, 3.63) is 0 Å². The fourth-order valence-electron chi connectivity index (χ4n) is 0.722. The quantitative estimate of drug-likeness (QED) is 0.506. The second kappa shape index (κ2) is 2.69. The summed E-state index contributed by atoms with van der Waals surface area (Å²) in [5.41, 5.74) is -0.00463. The van der Waals surface area contributed by atoms with E-state index < -0.39 is 0 Å². The van der Waals surface area contributed by atoms with Gasteiger partial charge in [-0.05, 0) is 0 Å². The summed E-state index contributed by atoms with van der Waals surface area (Å²) in [5.74, 6) is -0.733. The van der Waals surface area contributed by atoms with E-state index in [9.17, 15) is 9.59 Å². The minimum absolute atomic E-state index is 0.00463. The molecule has 0 aromatic carbocycles. The highest BCUT2D eigenvalue weighted by Crippen LogP contribution is 1.92. The number of hydrogen-bond donors (Lipinski definition) is 1. The van der Waals surface area contributed by atoms with Crippen LogP contribution in [0.1, 0.15) is 0 Å². The highest BCUT2D eigenvalue weighted by atomic mass is 16.2. The van der Waals surface area contributed by atoms with E-state index in [1.54, 1.807) is 14.1 Å². The maximum Gasteiger partial charge on any atom is 0.277 e. The van der Waals surface area contributed by atoms with Crippen molar-refractivity contribution in [1.82, 2.24) is 10.2 Å². The van der Waals surface area contributed by atoms with E-state index in [2.05, 4.69) is 10.3 Å². The van der Waals surface area contributed by atoms with Crippen LogP contribution in [-0.4, -0.2) is 43.2 Å². The van der Waals surface area contributed by atoms with Gasteiger partial charge in [-0.2, -0.15) is 0 Å². The van der Waals surface area contributed by atoms with E-state index in [4.69, 9.17) is 0 Å². The number of hydrogen-bond acceptors (Lipinski definition) is 3. The average Bonchev–Trinajstić information content (AvgIpc) is 2.33. The summed E-state index contributed by atoms with van der Waals surface area (Å²) in [7, 11) is 3.16. The van der Waals surface area contributed by atoms with Gasteiger partial charge in [0, 0.05) is 14.1 Å². The molecule has 1 heterocycles. The Morgan fingerprint density at radius 1 is 1.64 bits per heavy atom.